The van der Waals surface area contributed by atoms with Gasteiger partial charge in [0.05, 0.1) is 0 Å². The summed E-state index contributed by atoms with van der Waals surface area (Å²) in [6.45, 7) is 0. The fourth-order valence-corrected chi connectivity index (χ4v) is 1.53. The zero-order valence-corrected chi connectivity index (χ0v) is 9.69. The lowest BCUT2D eigenvalue weighted by molar-refractivity contribution is -0.543. The monoisotopic (exact) mass is 378 g/mol. The summed E-state index contributed by atoms with van der Waals surface area (Å²) in [4.78, 5) is -3.54. The highest BCUT2D eigenvalue weighted by Gasteiger charge is 2.92. The highest BCUT2D eigenvalue weighted by Crippen LogP contribution is 2.62. The molecule has 0 radical (unpaired) electrons. The predicted octanol–water partition coefficient (Wildman–Crippen LogP) is 4.53. The molecule has 1 atom stereocenters. The molecule has 0 aromatic heterocycles. The molecule has 1 saturated heterocycles. The van der Waals surface area contributed by atoms with Crippen LogP contribution < -0.4 is 0 Å². The molecule has 23 heavy (non-hydrogen) atoms. The molecule has 0 spiro atoms. The SMILES string of the molecule is FC(F)=C(F)N1C(F)(F)C(F)(F)N(F)C(F)(F)C1(F)C(F)(F)F. The molecule has 1 rings (SSSR count). The number of rotatable bonds is 1. The molecular formula is C7F14N2. The van der Waals surface area contributed by atoms with Crippen molar-refractivity contribution in [3.05, 3.63) is 12.0 Å². The van der Waals surface area contributed by atoms with Crippen molar-refractivity contribution < 1.29 is 61.6 Å². The Morgan fingerprint density at radius 1 is 0.696 bits per heavy atom. The summed E-state index contributed by atoms with van der Waals surface area (Å²) in [5, 5.41) is -3.81. The Kier molecular flexibility index (Phi) is 4.05. The molecule has 1 unspecified atom stereocenters. The van der Waals surface area contributed by atoms with Crippen molar-refractivity contribution in [3.63, 3.8) is 0 Å². The van der Waals surface area contributed by atoms with Gasteiger partial charge in [0.1, 0.15) is 0 Å². The first-order chi connectivity index (χ1) is 9.88. The molecule has 0 bridgehead atoms. The van der Waals surface area contributed by atoms with E-state index in [9.17, 15) is 61.6 Å². The quantitative estimate of drug-likeness (QED) is 0.376. The minimum atomic E-state index is -7.41. The van der Waals surface area contributed by atoms with Crippen LogP contribution in [0.2, 0.25) is 0 Å². The van der Waals surface area contributed by atoms with E-state index >= 15 is 0 Å². The van der Waals surface area contributed by atoms with Crippen LogP contribution >= 0.6 is 0 Å². The Morgan fingerprint density at radius 2 is 1.09 bits per heavy atom. The molecule has 0 aromatic rings. The molecule has 1 fully saturated rings. The first kappa shape index (κ1) is 19.6. The van der Waals surface area contributed by atoms with Crippen molar-refractivity contribution >= 4 is 0 Å². The number of piperazine rings is 1. The van der Waals surface area contributed by atoms with Gasteiger partial charge >= 0.3 is 36.2 Å². The smallest absolute Gasteiger partial charge is 0.230 e. The Labute approximate surface area is 115 Å². The van der Waals surface area contributed by atoms with Gasteiger partial charge in [-0.2, -0.15) is 52.7 Å². The van der Waals surface area contributed by atoms with Gasteiger partial charge < -0.3 is 0 Å². The maximum absolute atomic E-state index is 13.6. The summed E-state index contributed by atoms with van der Waals surface area (Å²) in [5.74, 6) is -11.7. The van der Waals surface area contributed by atoms with E-state index in [0.717, 1.165) is 0 Å². The van der Waals surface area contributed by atoms with E-state index in [1.54, 1.807) is 0 Å². The van der Waals surface area contributed by atoms with Crippen LogP contribution in [-0.4, -0.2) is 40.1 Å². The maximum atomic E-state index is 13.6. The highest BCUT2D eigenvalue weighted by molar-refractivity contribution is 5.15. The topological polar surface area (TPSA) is 6.48 Å². The van der Waals surface area contributed by atoms with Crippen molar-refractivity contribution in [2.45, 2.75) is 30.1 Å². The Balaban J connectivity index is 3.93. The second-order valence-electron chi connectivity index (χ2n) is 3.91. The minimum absolute atomic E-state index is 3.54. The zero-order valence-electron chi connectivity index (χ0n) is 9.69. The minimum Gasteiger partial charge on any atom is -0.230 e. The second-order valence-corrected chi connectivity index (χ2v) is 3.91. The lowest BCUT2D eigenvalue weighted by Gasteiger charge is -2.53. The zero-order chi connectivity index (χ0) is 18.8. The summed E-state index contributed by atoms with van der Waals surface area (Å²) >= 11 is 0. The fraction of sp³-hybridized carbons (Fsp3) is 0.714. The molecule has 0 amide bonds. The summed E-state index contributed by atoms with van der Waals surface area (Å²) in [5.41, 5.74) is 0. The lowest BCUT2D eigenvalue weighted by atomic mass is 10.0. The van der Waals surface area contributed by atoms with Gasteiger partial charge in [0.2, 0.25) is 0 Å². The first-order valence-electron chi connectivity index (χ1n) is 4.74. The average Bonchev–Trinajstić information content (AvgIpc) is 2.33. The Hall–Kier alpha value is -1.48. The largest absolute Gasteiger partial charge is 0.450 e. The first-order valence-corrected chi connectivity index (χ1v) is 4.74. The molecule has 0 N–H and O–H groups in total. The van der Waals surface area contributed by atoms with Crippen molar-refractivity contribution in [1.29, 1.82) is 0 Å². The number of halogens is 14. The number of nitrogens with zero attached hydrogens (tertiary/aromatic N) is 2. The van der Waals surface area contributed by atoms with E-state index in [4.69, 9.17) is 0 Å². The molecule has 0 saturated carbocycles. The molecule has 1 aliphatic heterocycles. The van der Waals surface area contributed by atoms with Crippen molar-refractivity contribution in [2.75, 3.05) is 0 Å². The number of alkyl halides is 10. The van der Waals surface area contributed by atoms with Crippen molar-refractivity contribution in [1.82, 2.24) is 10.0 Å². The summed E-state index contributed by atoms with van der Waals surface area (Å²) in [6.07, 6.45) is -11.7. The van der Waals surface area contributed by atoms with Crippen LogP contribution in [0.1, 0.15) is 0 Å². The van der Waals surface area contributed by atoms with E-state index in [1.807, 2.05) is 0 Å². The van der Waals surface area contributed by atoms with Gasteiger partial charge in [-0.05, 0) is 5.12 Å². The Morgan fingerprint density at radius 3 is 1.39 bits per heavy atom. The average molecular weight is 378 g/mol. The van der Waals surface area contributed by atoms with Gasteiger partial charge in [-0.3, -0.25) is 0 Å². The van der Waals surface area contributed by atoms with Crippen LogP contribution in [0.5, 0.6) is 0 Å². The van der Waals surface area contributed by atoms with Crippen LogP contribution in [0.15, 0.2) is 12.0 Å². The molecule has 1 heterocycles. The van der Waals surface area contributed by atoms with E-state index in [1.165, 1.54) is 0 Å². The van der Waals surface area contributed by atoms with Crippen LogP contribution in [0, 0.1) is 0 Å². The van der Waals surface area contributed by atoms with E-state index in [0.29, 0.717) is 0 Å². The normalized spacial score (nSPS) is 30.3. The maximum Gasteiger partial charge on any atom is 0.450 e. The number of hydrogen-bond acceptors (Lipinski definition) is 2. The highest BCUT2D eigenvalue weighted by atomic mass is 19.4. The van der Waals surface area contributed by atoms with Gasteiger partial charge in [0.15, 0.2) is 0 Å². The van der Waals surface area contributed by atoms with Crippen LogP contribution in [0.3, 0.4) is 0 Å². The van der Waals surface area contributed by atoms with Crippen molar-refractivity contribution in [3.8, 4) is 0 Å². The lowest BCUT2D eigenvalue weighted by Crippen LogP contribution is -2.83. The fourth-order valence-electron chi connectivity index (χ4n) is 1.53. The molecule has 0 aromatic carbocycles. The van der Waals surface area contributed by atoms with E-state index in [-0.39, 0.29) is 0 Å². The molecule has 16 heteroatoms. The standard InChI is InChI=1S/C7F14N2/c8-1(9)2(10)22-3(11,4(12,13)14)5(15,16)23(21)7(19,20)6(22,17)18. The van der Waals surface area contributed by atoms with Crippen LogP contribution in [0.25, 0.3) is 0 Å². The van der Waals surface area contributed by atoms with Gasteiger partial charge in [0, 0.05) is 0 Å². The van der Waals surface area contributed by atoms with Gasteiger partial charge in [-0.1, -0.05) is 0 Å². The Bertz CT molecular complexity index is 518. The van der Waals surface area contributed by atoms with Crippen molar-refractivity contribution in [2.24, 2.45) is 0 Å². The third kappa shape index (κ3) is 2.13. The van der Waals surface area contributed by atoms with Crippen LogP contribution in [0.4, 0.5) is 61.6 Å². The summed E-state index contributed by atoms with van der Waals surface area (Å²) < 4.78 is 178. The number of hydrogen-bond donors (Lipinski definition) is 0. The third-order valence-electron chi connectivity index (χ3n) is 2.57. The van der Waals surface area contributed by atoms with Gasteiger partial charge in [-0.25, -0.2) is 9.29 Å². The molecule has 0 aliphatic carbocycles. The van der Waals surface area contributed by atoms with E-state index < -0.39 is 52.2 Å². The van der Waals surface area contributed by atoms with Gasteiger partial charge in [0.25, 0.3) is 5.95 Å². The summed E-state index contributed by atoms with van der Waals surface area (Å²) in [6, 6.07) is -21.4. The molecule has 136 valence electrons. The second kappa shape index (κ2) is 4.76. The third-order valence-corrected chi connectivity index (χ3v) is 2.57. The van der Waals surface area contributed by atoms with Crippen LogP contribution in [-0.2, 0) is 0 Å². The van der Waals surface area contributed by atoms with Gasteiger partial charge in [-0.15, -0.1) is 4.48 Å². The molecular weight excluding hydrogens is 378 g/mol. The van der Waals surface area contributed by atoms with E-state index in [2.05, 4.69) is 0 Å². The molecule has 1 aliphatic rings. The summed E-state index contributed by atoms with van der Waals surface area (Å²) in [7, 11) is 0. The predicted molar refractivity (Wildman–Crippen MR) is 39.9 cm³/mol. The molecule has 2 nitrogen and oxygen atoms in total.